The van der Waals surface area contributed by atoms with E-state index >= 15 is 0 Å². The Morgan fingerprint density at radius 3 is 2.05 bits per heavy atom. The van der Waals surface area contributed by atoms with Crippen LogP contribution in [0, 0.1) is 0 Å². The van der Waals surface area contributed by atoms with E-state index in [1.165, 1.54) is 5.41 Å². The summed E-state index contributed by atoms with van der Waals surface area (Å²) in [5, 5.41) is 1.30. The maximum atomic E-state index is 12.3. The lowest BCUT2D eigenvalue weighted by molar-refractivity contribution is 0.588. The quantitative estimate of drug-likeness (QED) is 0.832. The van der Waals surface area contributed by atoms with Crippen LogP contribution in [-0.2, 0) is 21.7 Å². The van der Waals surface area contributed by atoms with Crippen LogP contribution in [0.1, 0.15) is 31.9 Å². The van der Waals surface area contributed by atoms with E-state index in [0.717, 1.165) is 11.1 Å². The molecule has 116 valence electrons. The first kappa shape index (κ1) is 16.5. The van der Waals surface area contributed by atoms with Crippen LogP contribution in [0.5, 0.6) is 0 Å². The van der Waals surface area contributed by atoms with Crippen molar-refractivity contribution >= 4 is 9.84 Å². The maximum absolute atomic E-state index is 12.3. The highest BCUT2D eigenvalue weighted by atomic mass is 32.2. The monoisotopic (exact) mass is 314 g/mol. The third kappa shape index (κ3) is 4.31. The van der Waals surface area contributed by atoms with Gasteiger partial charge in [-0.15, -0.1) is 0 Å². The molecule has 0 aliphatic carbocycles. The standard InChI is InChI=1S/C19H22O2S/c1-19(2,3)17-11-13-18(14-12-17)22(20,21)15-7-10-16-8-5-4-6-9-16/h4-9,11-15H,10H2,1-3H3/b15-7+. The Morgan fingerprint density at radius 1 is 0.909 bits per heavy atom. The van der Waals surface area contributed by atoms with Gasteiger partial charge < -0.3 is 0 Å². The third-order valence-electron chi connectivity index (χ3n) is 3.52. The first-order chi connectivity index (χ1) is 10.3. The van der Waals surface area contributed by atoms with Gasteiger partial charge >= 0.3 is 0 Å². The van der Waals surface area contributed by atoms with Crippen LogP contribution in [0.3, 0.4) is 0 Å². The van der Waals surface area contributed by atoms with Crippen LogP contribution in [-0.4, -0.2) is 8.42 Å². The highest BCUT2D eigenvalue weighted by Gasteiger charge is 2.15. The Hall–Kier alpha value is -1.87. The molecule has 0 saturated carbocycles. The zero-order chi connectivity index (χ0) is 16.2. The number of hydrogen-bond acceptors (Lipinski definition) is 2. The minimum atomic E-state index is -3.37. The van der Waals surface area contributed by atoms with Gasteiger partial charge in [0.25, 0.3) is 0 Å². The Kier molecular flexibility index (Phi) is 4.87. The van der Waals surface area contributed by atoms with Crippen LogP contribution in [0.4, 0.5) is 0 Å². The lowest BCUT2D eigenvalue weighted by Gasteiger charge is -2.18. The molecule has 0 atom stereocenters. The van der Waals surface area contributed by atoms with Crippen LogP contribution < -0.4 is 0 Å². The van der Waals surface area contributed by atoms with Gasteiger partial charge in [0.1, 0.15) is 0 Å². The molecule has 0 radical (unpaired) electrons. The van der Waals surface area contributed by atoms with Gasteiger partial charge in [-0.25, -0.2) is 8.42 Å². The van der Waals surface area contributed by atoms with Crippen molar-refractivity contribution in [3.8, 4) is 0 Å². The fourth-order valence-electron chi connectivity index (χ4n) is 2.15. The van der Waals surface area contributed by atoms with Crippen molar-refractivity contribution in [2.24, 2.45) is 0 Å². The van der Waals surface area contributed by atoms with E-state index in [-0.39, 0.29) is 5.41 Å². The van der Waals surface area contributed by atoms with Gasteiger partial charge in [-0.1, -0.05) is 69.3 Å². The van der Waals surface area contributed by atoms with Crippen LogP contribution >= 0.6 is 0 Å². The van der Waals surface area contributed by atoms with Gasteiger partial charge in [0.2, 0.25) is 0 Å². The van der Waals surface area contributed by atoms with Crippen molar-refractivity contribution < 1.29 is 8.42 Å². The second kappa shape index (κ2) is 6.49. The third-order valence-corrected chi connectivity index (χ3v) is 5.00. The molecule has 0 fully saturated rings. The van der Waals surface area contributed by atoms with Gasteiger partial charge in [0.15, 0.2) is 9.84 Å². The normalized spacial score (nSPS) is 12.7. The summed E-state index contributed by atoms with van der Waals surface area (Å²) >= 11 is 0. The average Bonchev–Trinajstić information content (AvgIpc) is 2.47. The van der Waals surface area contributed by atoms with E-state index < -0.39 is 9.84 Å². The lowest BCUT2D eigenvalue weighted by atomic mass is 9.87. The summed E-state index contributed by atoms with van der Waals surface area (Å²) in [6, 6.07) is 16.9. The molecule has 0 spiro atoms. The second-order valence-electron chi connectivity index (χ2n) is 6.38. The Balaban J connectivity index is 2.13. The van der Waals surface area contributed by atoms with Crippen molar-refractivity contribution in [1.82, 2.24) is 0 Å². The molecule has 0 heterocycles. The Labute approximate surface area is 133 Å². The predicted molar refractivity (Wildman–Crippen MR) is 91.6 cm³/mol. The maximum Gasteiger partial charge on any atom is 0.199 e. The summed E-state index contributed by atoms with van der Waals surface area (Å²) in [5.41, 5.74) is 2.24. The van der Waals surface area contributed by atoms with Gasteiger partial charge in [0.05, 0.1) is 4.90 Å². The number of allylic oxidation sites excluding steroid dienone is 1. The molecule has 0 unspecified atom stereocenters. The average molecular weight is 314 g/mol. The molecular formula is C19H22O2S. The zero-order valence-electron chi connectivity index (χ0n) is 13.3. The van der Waals surface area contributed by atoms with Gasteiger partial charge in [-0.3, -0.25) is 0 Å². The number of hydrogen-bond donors (Lipinski definition) is 0. The number of sulfone groups is 1. The van der Waals surface area contributed by atoms with E-state index in [1.807, 2.05) is 42.5 Å². The molecule has 22 heavy (non-hydrogen) atoms. The van der Waals surface area contributed by atoms with Crippen molar-refractivity contribution in [3.63, 3.8) is 0 Å². The van der Waals surface area contributed by atoms with E-state index in [2.05, 4.69) is 20.8 Å². The SMILES string of the molecule is CC(C)(C)c1ccc(S(=O)(=O)/C=C/Cc2ccccc2)cc1. The summed E-state index contributed by atoms with van der Waals surface area (Å²) in [6.45, 7) is 6.32. The first-order valence-corrected chi connectivity index (χ1v) is 8.90. The van der Waals surface area contributed by atoms with Crippen molar-refractivity contribution in [1.29, 1.82) is 0 Å². The predicted octanol–water partition coefficient (Wildman–Crippen LogP) is 4.51. The molecule has 3 heteroatoms. The van der Waals surface area contributed by atoms with E-state index in [1.54, 1.807) is 18.2 Å². The molecule has 0 aliphatic heterocycles. The van der Waals surface area contributed by atoms with Gasteiger partial charge in [-0.2, -0.15) is 0 Å². The van der Waals surface area contributed by atoms with Gasteiger partial charge in [0, 0.05) is 5.41 Å². The van der Waals surface area contributed by atoms with E-state index in [9.17, 15) is 8.42 Å². The molecule has 0 aromatic heterocycles. The lowest BCUT2D eigenvalue weighted by Crippen LogP contribution is -2.11. The topological polar surface area (TPSA) is 34.1 Å². The van der Waals surface area contributed by atoms with E-state index in [4.69, 9.17) is 0 Å². The molecular weight excluding hydrogens is 292 g/mol. The molecule has 0 aliphatic rings. The molecule has 2 rings (SSSR count). The van der Waals surface area contributed by atoms with Crippen LogP contribution in [0.25, 0.3) is 0 Å². The second-order valence-corrected chi connectivity index (χ2v) is 8.21. The fraction of sp³-hybridized carbons (Fsp3) is 0.263. The molecule has 2 aromatic carbocycles. The van der Waals surface area contributed by atoms with Gasteiger partial charge in [-0.05, 0) is 35.1 Å². The summed E-state index contributed by atoms with van der Waals surface area (Å²) in [6.07, 6.45) is 2.31. The Morgan fingerprint density at radius 2 is 1.50 bits per heavy atom. The minimum Gasteiger partial charge on any atom is -0.219 e. The molecule has 0 saturated heterocycles. The van der Waals surface area contributed by atoms with E-state index in [0.29, 0.717) is 11.3 Å². The summed E-state index contributed by atoms with van der Waals surface area (Å²) < 4.78 is 24.6. The number of benzene rings is 2. The van der Waals surface area contributed by atoms with Crippen molar-refractivity contribution in [2.45, 2.75) is 37.5 Å². The Bertz CT molecular complexity index is 734. The highest BCUT2D eigenvalue weighted by Crippen LogP contribution is 2.24. The van der Waals surface area contributed by atoms with Crippen molar-refractivity contribution in [3.05, 3.63) is 77.2 Å². The molecule has 0 amide bonds. The summed E-state index contributed by atoms with van der Waals surface area (Å²) in [7, 11) is -3.37. The zero-order valence-corrected chi connectivity index (χ0v) is 14.1. The highest BCUT2D eigenvalue weighted by molar-refractivity contribution is 7.94. The number of rotatable bonds is 4. The molecule has 0 bridgehead atoms. The molecule has 0 N–H and O–H groups in total. The molecule has 2 aromatic rings. The van der Waals surface area contributed by atoms with Crippen molar-refractivity contribution in [2.75, 3.05) is 0 Å². The molecule has 2 nitrogen and oxygen atoms in total. The first-order valence-electron chi connectivity index (χ1n) is 7.35. The van der Waals surface area contributed by atoms with Crippen LogP contribution in [0.2, 0.25) is 0 Å². The smallest absolute Gasteiger partial charge is 0.199 e. The summed E-state index contributed by atoms with van der Waals surface area (Å²) in [5.74, 6) is 0. The minimum absolute atomic E-state index is 0.0193. The fourth-order valence-corrected chi connectivity index (χ4v) is 3.17. The summed E-state index contributed by atoms with van der Waals surface area (Å²) in [4.78, 5) is 0.338. The largest absolute Gasteiger partial charge is 0.219 e. The van der Waals surface area contributed by atoms with Crippen LogP contribution in [0.15, 0.2) is 71.0 Å².